The highest BCUT2D eigenvalue weighted by molar-refractivity contribution is 5.73. The van der Waals surface area contributed by atoms with Crippen LogP contribution in [0.15, 0.2) is 60.9 Å². The molecule has 4 nitrogen and oxygen atoms in total. The van der Waals surface area contributed by atoms with Crippen LogP contribution in [0.25, 0.3) is 11.1 Å². The van der Waals surface area contributed by atoms with Crippen molar-refractivity contribution in [2.45, 2.75) is 24.6 Å². The molecule has 7 heteroatoms. The first-order chi connectivity index (χ1) is 13.6. The highest BCUT2D eigenvalue weighted by atomic mass is 19.4. The van der Waals surface area contributed by atoms with Gasteiger partial charge in [-0.2, -0.15) is 13.2 Å². The molecule has 1 unspecified atom stereocenters. The largest absolute Gasteiger partial charge is 0.508 e. The van der Waals surface area contributed by atoms with E-state index >= 15 is 0 Å². The van der Waals surface area contributed by atoms with E-state index in [1.165, 1.54) is 7.05 Å². The number of nitrogens with one attached hydrogen (secondary N) is 1. The molecule has 0 spiro atoms. The molecule has 0 aromatic heterocycles. The van der Waals surface area contributed by atoms with Crippen molar-refractivity contribution in [2.75, 3.05) is 13.6 Å². The number of rotatable bonds is 8. The lowest BCUT2D eigenvalue weighted by atomic mass is 9.84. The van der Waals surface area contributed by atoms with Gasteiger partial charge < -0.3 is 20.1 Å². The zero-order valence-corrected chi connectivity index (χ0v) is 16.0. The fourth-order valence-electron chi connectivity index (χ4n) is 3.48. The minimum atomic E-state index is -4.38. The zero-order chi connectivity index (χ0) is 21.2. The molecular weight excluding hydrogens is 381 g/mol. The number of benzene rings is 2. The summed E-state index contributed by atoms with van der Waals surface area (Å²) in [6.07, 6.45) is -2.03. The number of carbonyl (C=O) groups is 1. The van der Waals surface area contributed by atoms with Gasteiger partial charge in [-0.1, -0.05) is 36.9 Å². The van der Waals surface area contributed by atoms with Gasteiger partial charge in [0.2, 0.25) is 0 Å². The molecule has 1 saturated carbocycles. The fourth-order valence-corrected chi connectivity index (χ4v) is 3.48. The summed E-state index contributed by atoms with van der Waals surface area (Å²) in [4.78, 5) is 13.2. The molecule has 1 fully saturated rings. The molecule has 0 amide bonds. The number of aromatic hydroxyl groups is 1. The molecule has 2 aromatic carbocycles. The average Bonchev–Trinajstić information content (AvgIpc) is 3.50. The van der Waals surface area contributed by atoms with E-state index in [1.807, 2.05) is 18.2 Å². The second-order valence-electron chi connectivity index (χ2n) is 7.44. The van der Waals surface area contributed by atoms with Gasteiger partial charge in [-0.05, 0) is 53.6 Å². The topological polar surface area (TPSA) is 52.6 Å². The predicted molar refractivity (Wildman–Crippen MR) is 105 cm³/mol. The smallest absolute Gasteiger partial charge is 0.405 e. The van der Waals surface area contributed by atoms with Gasteiger partial charge in [0, 0.05) is 7.05 Å². The van der Waals surface area contributed by atoms with E-state index in [4.69, 9.17) is 0 Å². The fraction of sp³-hybridized carbons (Fsp3) is 0.318. The number of aldehydes is 1. The van der Waals surface area contributed by atoms with E-state index in [-0.39, 0.29) is 17.5 Å². The Morgan fingerprint density at radius 1 is 1.21 bits per heavy atom. The third kappa shape index (κ3) is 4.72. The Morgan fingerprint density at radius 2 is 1.83 bits per heavy atom. The lowest BCUT2D eigenvalue weighted by Crippen LogP contribution is -2.49. The molecule has 0 saturated heterocycles. The molecule has 0 bridgehead atoms. The number of phenolic OH excluding ortho intramolecular Hbond substituents is 1. The van der Waals surface area contributed by atoms with Crippen LogP contribution in [-0.2, 0) is 10.3 Å². The normalized spacial score (nSPS) is 16.0. The maximum Gasteiger partial charge on any atom is 0.405 e. The van der Waals surface area contributed by atoms with Gasteiger partial charge in [0.05, 0.1) is 5.82 Å². The van der Waals surface area contributed by atoms with Crippen molar-refractivity contribution in [2.24, 2.45) is 5.92 Å². The molecule has 154 valence electrons. The molecule has 0 radical (unpaired) electrons. The molecule has 1 atom stereocenters. The van der Waals surface area contributed by atoms with Crippen LogP contribution in [0.1, 0.15) is 18.4 Å². The molecule has 1 aliphatic rings. The molecule has 2 aromatic rings. The lowest BCUT2D eigenvalue weighted by Gasteiger charge is -2.35. The van der Waals surface area contributed by atoms with Gasteiger partial charge in [0.25, 0.3) is 0 Å². The van der Waals surface area contributed by atoms with Crippen molar-refractivity contribution in [3.8, 4) is 16.9 Å². The number of phenols is 1. The lowest BCUT2D eigenvalue weighted by molar-refractivity contribution is -0.140. The molecule has 3 rings (SSSR count). The van der Waals surface area contributed by atoms with Crippen molar-refractivity contribution in [1.29, 1.82) is 0 Å². The highest BCUT2D eigenvalue weighted by Crippen LogP contribution is 2.46. The quantitative estimate of drug-likeness (QED) is 0.640. The second kappa shape index (κ2) is 7.81. The van der Waals surface area contributed by atoms with Crippen molar-refractivity contribution in [3.63, 3.8) is 0 Å². The molecule has 1 aliphatic carbocycles. The first kappa shape index (κ1) is 20.8. The Labute approximate surface area is 167 Å². The number of halogens is 3. The Balaban J connectivity index is 1.94. The van der Waals surface area contributed by atoms with Gasteiger partial charge >= 0.3 is 6.18 Å². The van der Waals surface area contributed by atoms with E-state index in [2.05, 4.69) is 11.9 Å². The molecule has 0 heterocycles. The van der Waals surface area contributed by atoms with Crippen molar-refractivity contribution in [3.05, 3.63) is 66.5 Å². The van der Waals surface area contributed by atoms with Crippen LogP contribution >= 0.6 is 0 Å². The van der Waals surface area contributed by atoms with Crippen molar-refractivity contribution < 1.29 is 23.1 Å². The highest BCUT2D eigenvalue weighted by Gasteiger charge is 2.47. The van der Waals surface area contributed by atoms with Gasteiger partial charge in [-0.3, -0.25) is 0 Å². The number of nitrogens with zero attached hydrogens (tertiary/aromatic N) is 1. The molecule has 2 N–H and O–H groups in total. The van der Waals surface area contributed by atoms with Crippen molar-refractivity contribution in [1.82, 2.24) is 10.2 Å². The Morgan fingerprint density at radius 3 is 2.38 bits per heavy atom. The van der Waals surface area contributed by atoms with Gasteiger partial charge in [0.15, 0.2) is 0 Å². The number of hydrogen-bond acceptors (Lipinski definition) is 4. The van der Waals surface area contributed by atoms with Crippen LogP contribution in [-0.4, -0.2) is 36.1 Å². The van der Waals surface area contributed by atoms with Crippen LogP contribution in [0.4, 0.5) is 13.2 Å². The van der Waals surface area contributed by atoms with E-state index < -0.39 is 18.3 Å². The number of alkyl halides is 3. The number of carbonyl (C=O) groups excluding carboxylic acids is 1. The summed E-state index contributed by atoms with van der Waals surface area (Å²) >= 11 is 0. The first-order valence-corrected chi connectivity index (χ1v) is 9.26. The summed E-state index contributed by atoms with van der Waals surface area (Å²) in [5, 5.41) is 12.7. The van der Waals surface area contributed by atoms with E-state index in [0.717, 1.165) is 35.2 Å². The molecule has 0 aliphatic heterocycles. The SMILES string of the molecule is C=C(NC(C=O)(c1cccc(-c2cccc(O)c2)c1)C1CC1)N(C)CC(F)(F)F. The number of hydrogen-bond donors (Lipinski definition) is 2. The van der Waals surface area contributed by atoms with Gasteiger partial charge in [-0.25, -0.2) is 0 Å². The maximum absolute atomic E-state index is 12.7. The average molecular weight is 404 g/mol. The summed E-state index contributed by atoms with van der Waals surface area (Å²) in [5.41, 5.74) is 1.05. The summed E-state index contributed by atoms with van der Waals surface area (Å²) < 4.78 is 38.2. The maximum atomic E-state index is 12.7. The predicted octanol–water partition coefficient (Wildman–Crippen LogP) is 4.42. The summed E-state index contributed by atoms with van der Waals surface area (Å²) in [7, 11) is 1.29. The van der Waals surface area contributed by atoms with E-state index in [9.17, 15) is 23.1 Å². The monoisotopic (exact) mass is 404 g/mol. The van der Waals surface area contributed by atoms with E-state index in [1.54, 1.807) is 30.3 Å². The second-order valence-corrected chi connectivity index (χ2v) is 7.44. The Hall–Kier alpha value is -2.96. The summed E-state index contributed by atoms with van der Waals surface area (Å²) in [5.74, 6) is 0.122. The molecule has 29 heavy (non-hydrogen) atoms. The summed E-state index contributed by atoms with van der Waals surface area (Å²) in [6, 6.07) is 14.0. The van der Waals surface area contributed by atoms with Crippen LogP contribution in [0, 0.1) is 5.92 Å². The first-order valence-electron chi connectivity index (χ1n) is 9.26. The third-order valence-corrected chi connectivity index (χ3v) is 5.16. The van der Waals surface area contributed by atoms with Crippen LogP contribution in [0.3, 0.4) is 0 Å². The molecular formula is C22H23F3N2O2. The minimum absolute atomic E-state index is 0.0316. The van der Waals surface area contributed by atoms with Gasteiger partial charge in [-0.15, -0.1) is 0 Å². The standard InChI is InChI=1S/C22H23F3N2O2/c1-15(27(2)13-22(23,24)25)26-21(14-28,18-9-10-18)19-7-3-5-16(11-19)17-6-4-8-20(29)12-17/h3-8,11-12,14,18,26,29H,1,9-10,13H2,2H3. The third-order valence-electron chi connectivity index (χ3n) is 5.16. The Kier molecular flexibility index (Phi) is 5.59. The minimum Gasteiger partial charge on any atom is -0.508 e. The summed E-state index contributed by atoms with van der Waals surface area (Å²) in [6.45, 7) is 2.56. The van der Waals surface area contributed by atoms with Crippen LogP contribution < -0.4 is 5.32 Å². The Bertz CT molecular complexity index is 909. The van der Waals surface area contributed by atoms with Crippen LogP contribution in [0.2, 0.25) is 0 Å². The van der Waals surface area contributed by atoms with Crippen molar-refractivity contribution >= 4 is 6.29 Å². The zero-order valence-electron chi connectivity index (χ0n) is 16.0. The van der Waals surface area contributed by atoms with E-state index in [0.29, 0.717) is 5.56 Å². The van der Waals surface area contributed by atoms with Gasteiger partial charge in [0.1, 0.15) is 24.1 Å². The van der Waals surface area contributed by atoms with Crippen LogP contribution in [0.5, 0.6) is 5.75 Å².